The lowest BCUT2D eigenvalue weighted by Gasteiger charge is -2.35. The fraction of sp³-hybridized carbons (Fsp3) is 0.550. The molecule has 3 rings (SSSR count). The van der Waals surface area contributed by atoms with Crippen LogP contribution in [-0.2, 0) is 20.8 Å². The highest BCUT2D eigenvalue weighted by molar-refractivity contribution is 5.89. The second-order valence-corrected chi connectivity index (χ2v) is 7.13. The van der Waals surface area contributed by atoms with Gasteiger partial charge in [-0.1, -0.05) is 18.2 Å². The van der Waals surface area contributed by atoms with E-state index in [1.807, 2.05) is 24.3 Å². The van der Waals surface area contributed by atoms with Crippen molar-refractivity contribution in [1.82, 2.24) is 14.7 Å². The van der Waals surface area contributed by atoms with Crippen molar-refractivity contribution in [3.8, 4) is 5.75 Å². The number of benzene rings is 1. The maximum absolute atomic E-state index is 12.8. The third kappa shape index (κ3) is 4.40. The van der Waals surface area contributed by atoms with Gasteiger partial charge in [-0.05, 0) is 18.1 Å². The minimum atomic E-state index is -0.279. The van der Waals surface area contributed by atoms with Gasteiger partial charge in [0.15, 0.2) is 0 Å². The Balaban J connectivity index is 1.53. The molecule has 0 spiro atoms. The summed E-state index contributed by atoms with van der Waals surface area (Å²) in [7, 11) is 1.64. The third-order valence-electron chi connectivity index (χ3n) is 5.44. The van der Waals surface area contributed by atoms with Gasteiger partial charge in [-0.2, -0.15) is 0 Å². The average molecular weight is 373 g/mol. The van der Waals surface area contributed by atoms with Gasteiger partial charge in [-0.3, -0.25) is 14.4 Å². The molecule has 0 saturated carbocycles. The van der Waals surface area contributed by atoms with E-state index in [1.54, 1.807) is 28.7 Å². The standard InChI is InChI=1S/C20H27N3O4/c1-15(24)21-9-11-22(12-10-21)20(26)17-13-19(25)23(14-17)8-7-16-5-3-4-6-18(16)27-2/h3-6,17H,7-14H2,1-2H3. The minimum Gasteiger partial charge on any atom is -0.496 e. The van der Waals surface area contributed by atoms with E-state index in [4.69, 9.17) is 4.74 Å². The Morgan fingerprint density at radius 1 is 1.11 bits per heavy atom. The van der Waals surface area contributed by atoms with Crippen LogP contribution in [0.1, 0.15) is 18.9 Å². The number of carbonyl (C=O) groups is 3. The first kappa shape index (κ1) is 19.2. The van der Waals surface area contributed by atoms with Crippen LogP contribution in [0.4, 0.5) is 0 Å². The summed E-state index contributed by atoms with van der Waals surface area (Å²) >= 11 is 0. The third-order valence-corrected chi connectivity index (χ3v) is 5.44. The van der Waals surface area contributed by atoms with Crippen molar-refractivity contribution < 1.29 is 19.1 Å². The SMILES string of the molecule is COc1ccccc1CCN1CC(C(=O)N2CCN(C(C)=O)CC2)CC1=O. The summed E-state index contributed by atoms with van der Waals surface area (Å²) < 4.78 is 5.36. The lowest BCUT2D eigenvalue weighted by atomic mass is 10.1. The number of piperazine rings is 1. The van der Waals surface area contributed by atoms with Crippen LogP contribution >= 0.6 is 0 Å². The number of rotatable bonds is 5. The molecule has 0 bridgehead atoms. The average Bonchev–Trinajstić information content (AvgIpc) is 3.06. The number of hydrogen-bond acceptors (Lipinski definition) is 4. The molecule has 0 aromatic heterocycles. The number of likely N-dealkylation sites (tertiary alicyclic amines) is 1. The predicted octanol–water partition coefficient (Wildman–Crippen LogP) is 0.777. The molecule has 2 fully saturated rings. The highest BCUT2D eigenvalue weighted by atomic mass is 16.5. The molecule has 7 heteroatoms. The highest BCUT2D eigenvalue weighted by Gasteiger charge is 2.37. The molecule has 2 heterocycles. The molecule has 1 aromatic carbocycles. The van der Waals surface area contributed by atoms with E-state index >= 15 is 0 Å². The zero-order valence-electron chi connectivity index (χ0n) is 16.0. The van der Waals surface area contributed by atoms with Gasteiger partial charge in [0.25, 0.3) is 0 Å². The number of para-hydroxylation sites is 1. The van der Waals surface area contributed by atoms with Crippen LogP contribution in [0.5, 0.6) is 5.75 Å². The number of amides is 3. The molecule has 2 saturated heterocycles. The van der Waals surface area contributed by atoms with Gasteiger partial charge < -0.3 is 19.4 Å². The van der Waals surface area contributed by atoms with Crippen LogP contribution in [0.15, 0.2) is 24.3 Å². The van der Waals surface area contributed by atoms with E-state index in [2.05, 4.69) is 0 Å². The van der Waals surface area contributed by atoms with Crippen molar-refractivity contribution in [3.05, 3.63) is 29.8 Å². The van der Waals surface area contributed by atoms with Crippen molar-refractivity contribution >= 4 is 17.7 Å². The predicted molar refractivity (Wildman–Crippen MR) is 100 cm³/mol. The van der Waals surface area contributed by atoms with Gasteiger partial charge in [-0.15, -0.1) is 0 Å². The highest BCUT2D eigenvalue weighted by Crippen LogP contribution is 2.23. The summed E-state index contributed by atoms with van der Waals surface area (Å²) in [5.74, 6) is 0.650. The largest absolute Gasteiger partial charge is 0.496 e. The number of carbonyl (C=O) groups excluding carboxylic acids is 3. The maximum atomic E-state index is 12.8. The molecule has 0 radical (unpaired) electrons. The zero-order valence-corrected chi connectivity index (χ0v) is 16.0. The fourth-order valence-electron chi connectivity index (χ4n) is 3.82. The van der Waals surface area contributed by atoms with Crippen LogP contribution in [0, 0.1) is 5.92 Å². The van der Waals surface area contributed by atoms with Crippen molar-refractivity contribution in [3.63, 3.8) is 0 Å². The summed E-state index contributed by atoms with van der Waals surface area (Å²) in [6.07, 6.45) is 0.978. The minimum absolute atomic E-state index is 0.0330. The van der Waals surface area contributed by atoms with E-state index in [-0.39, 0.29) is 30.1 Å². The first-order chi connectivity index (χ1) is 13.0. The molecule has 1 aromatic rings. The Bertz CT molecular complexity index is 713. The number of methoxy groups -OCH3 is 1. The second kappa shape index (κ2) is 8.41. The Morgan fingerprint density at radius 2 is 1.78 bits per heavy atom. The maximum Gasteiger partial charge on any atom is 0.228 e. The zero-order chi connectivity index (χ0) is 19.4. The first-order valence-corrected chi connectivity index (χ1v) is 9.43. The number of nitrogens with zero attached hydrogens (tertiary/aromatic N) is 3. The van der Waals surface area contributed by atoms with Gasteiger partial charge in [0.05, 0.1) is 13.0 Å². The van der Waals surface area contributed by atoms with Gasteiger partial charge in [0.1, 0.15) is 5.75 Å². The van der Waals surface area contributed by atoms with Crippen LogP contribution in [0.25, 0.3) is 0 Å². The summed E-state index contributed by atoms with van der Waals surface area (Å²) in [5, 5.41) is 0. The Morgan fingerprint density at radius 3 is 2.44 bits per heavy atom. The smallest absolute Gasteiger partial charge is 0.228 e. The van der Waals surface area contributed by atoms with Gasteiger partial charge >= 0.3 is 0 Å². The molecule has 2 aliphatic heterocycles. The number of ether oxygens (including phenoxy) is 1. The fourth-order valence-corrected chi connectivity index (χ4v) is 3.82. The summed E-state index contributed by atoms with van der Waals surface area (Å²) in [6.45, 7) is 4.83. The summed E-state index contributed by atoms with van der Waals surface area (Å²) in [6, 6.07) is 7.78. The number of hydrogen-bond donors (Lipinski definition) is 0. The quantitative estimate of drug-likeness (QED) is 0.765. The molecule has 0 aliphatic carbocycles. The lowest BCUT2D eigenvalue weighted by Crippen LogP contribution is -2.51. The van der Waals surface area contributed by atoms with Crippen molar-refractivity contribution in [2.45, 2.75) is 19.8 Å². The Kier molecular flexibility index (Phi) is 5.98. The van der Waals surface area contributed by atoms with E-state index in [1.165, 1.54) is 0 Å². The van der Waals surface area contributed by atoms with Crippen molar-refractivity contribution in [2.75, 3.05) is 46.4 Å². The topological polar surface area (TPSA) is 70.2 Å². The van der Waals surface area contributed by atoms with E-state index in [0.29, 0.717) is 45.7 Å². The van der Waals surface area contributed by atoms with E-state index in [9.17, 15) is 14.4 Å². The van der Waals surface area contributed by atoms with E-state index < -0.39 is 0 Å². The second-order valence-electron chi connectivity index (χ2n) is 7.13. The Hall–Kier alpha value is -2.57. The van der Waals surface area contributed by atoms with Crippen LogP contribution in [0.2, 0.25) is 0 Å². The van der Waals surface area contributed by atoms with Crippen LogP contribution in [-0.4, -0.2) is 78.8 Å². The normalized spacial score (nSPS) is 20.1. The molecule has 3 amide bonds. The summed E-state index contributed by atoms with van der Waals surface area (Å²) in [4.78, 5) is 41.9. The monoisotopic (exact) mass is 373 g/mol. The first-order valence-electron chi connectivity index (χ1n) is 9.43. The molecule has 27 heavy (non-hydrogen) atoms. The van der Waals surface area contributed by atoms with Gasteiger partial charge in [0.2, 0.25) is 17.7 Å². The van der Waals surface area contributed by atoms with Gasteiger partial charge in [0, 0.05) is 52.6 Å². The lowest BCUT2D eigenvalue weighted by molar-refractivity contribution is -0.141. The molecule has 146 valence electrons. The molecule has 0 N–H and O–H groups in total. The molecule has 7 nitrogen and oxygen atoms in total. The van der Waals surface area contributed by atoms with Crippen LogP contribution in [0.3, 0.4) is 0 Å². The molecular weight excluding hydrogens is 346 g/mol. The molecule has 2 aliphatic rings. The Labute approximate surface area is 159 Å². The van der Waals surface area contributed by atoms with Crippen molar-refractivity contribution in [2.24, 2.45) is 5.92 Å². The van der Waals surface area contributed by atoms with Crippen molar-refractivity contribution in [1.29, 1.82) is 0 Å². The van der Waals surface area contributed by atoms with Gasteiger partial charge in [-0.25, -0.2) is 0 Å². The molecule has 1 unspecified atom stereocenters. The summed E-state index contributed by atoms with van der Waals surface area (Å²) in [5.41, 5.74) is 1.06. The molecular formula is C20H27N3O4. The van der Waals surface area contributed by atoms with E-state index in [0.717, 1.165) is 11.3 Å². The molecule has 1 atom stereocenters. The van der Waals surface area contributed by atoms with Crippen LogP contribution < -0.4 is 4.74 Å².